The second-order valence-electron chi connectivity index (χ2n) is 4.14. The van der Waals surface area contributed by atoms with E-state index in [1.165, 1.54) is 19.1 Å². The first-order valence-corrected chi connectivity index (χ1v) is 5.46. The molecular formula is C12H15NO5. The minimum Gasteiger partial charge on any atom is -0.480 e. The molecule has 0 aliphatic heterocycles. The predicted octanol–water partition coefficient (Wildman–Crippen LogP) is 1.42. The Balaban J connectivity index is 2.94. The lowest BCUT2D eigenvalue weighted by Crippen LogP contribution is -2.40. The molecule has 0 aromatic carbocycles. The molecule has 0 saturated heterocycles. The Morgan fingerprint density at radius 3 is 2.22 bits per heavy atom. The van der Waals surface area contributed by atoms with E-state index in [9.17, 15) is 14.4 Å². The zero-order valence-electron chi connectivity index (χ0n) is 10.5. The molecule has 6 nitrogen and oxygen atoms in total. The van der Waals surface area contributed by atoms with Crippen LogP contribution in [-0.4, -0.2) is 40.3 Å². The number of amides is 1. The Kier molecular flexibility index (Phi) is 4.25. The highest BCUT2D eigenvalue weighted by Crippen LogP contribution is 2.13. The van der Waals surface area contributed by atoms with Gasteiger partial charge >= 0.3 is 5.97 Å². The maximum Gasteiger partial charge on any atom is 0.323 e. The van der Waals surface area contributed by atoms with E-state index in [-0.39, 0.29) is 23.3 Å². The maximum absolute atomic E-state index is 12.0. The molecule has 6 heteroatoms. The summed E-state index contributed by atoms with van der Waals surface area (Å²) in [7, 11) is 0. The van der Waals surface area contributed by atoms with Crippen molar-refractivity contribution in [3.63, 3.8) is 0 Å². The molecule has 0 radical (unpaired) electrons. The highest BCUT2D eigenvalue weighted by molar-refractivity contribution is 5.96. The normalized spacial score (nSPS) is 10.4. The van der Waals surface area contributed by atoms with Crippen LogP contribution in [-0.2, 0) is 4.79 Å². The molecule has 0 bridgehead atoms. The lowest BCUT2D eigenvalue weighted by molar-refractivity contribution is -0.138. The molecule has 98 valence electrons. The summed E-state index contributed by atoms with van der Waals surface area (Å²) in [6.45, 7) is 4.32. The Hall–Kier alpha value is -2.11. The molecule has 1 amide bonds. The average molecular weight is 253 g/mol. The van der Waals surface area contributed by atoms with E-state index < -0.39 is 18.4 Å². The van der Waals surface area contributed by atoms with Gasteiger partial charge in [-0.25, -0.2) is 0 Å². The fourth-order valence-corrected chi connectivity index (χ4v) is 1.42. The van der Waals surface area contributed by atoms with Gasteiger partial charge in [0.2, 0.25) is 0 Å². The van der Waals surface area contributed by atoms with Gasteiger partial charge in [0.05, 0.1) is 0 Å². The zero-order valence-corrected chi connectivity index (χ0v) is 10.5. The number of ketones is 1. The number of carboxylic acids is 1. The van der Waals surface area contributed by atoms with Gasteiger partial charge in [0.25, 0.3) is 5.91 Å². The van der Waals surface area contributed by atoms with Crippen molar-refractivity contribution in [2.45, 2.75) is 26.8 Å². The van der Waals surface area contributed by atoms with Crippen LogP contribution in [0.5, 0.6) is 0 Å². The first-order chi connectivity index (χ1) is 8.32. The van der Waals surface area contributed by atoms with Gasteiger partial charge in [0, 0.05) is 13.0 Å². The second kappa shape index (κ2) is 5.48. The third kappa shape index (κ3) is 3.19. The van der Waals surface area contributed by atoms with Crippen LogP contribution in [0.1, 0.15) is 41.9 Å². The van der Waals surface area contributed by atoms with Crippen molar-refractivity contribution in [1.29, 1.82) is 0 Å². The SMILES string of the molecule is CC(=O)c1ccc(C(=O)N(CC(=O)O)C(C)C)o1. The van der Waals surface area contributed by atoms with E-state index in [2.05, 4.69) is 0 Å². The van der Waals surface area contributed by atoms with Crippen LogP contribution in [0.3, 0.4) is 0 Å². The average Bonchev–Trinajstić information content (AvgIpc) is 2.73. The Bertz CT molecular complexity index is 475. The maximum atomic E-state index is 12.0. The topological polar surface area (TPSA) is 87.8 Å². The summed E-state index contributed by atoms with van der Waals surface area (Å²) < 4.78 is 5.09. The fourth-order valence-electron chi connectivity index (χ4n) is 1.42. The largest absolute Gasteiger partial charge is 0.480 e. The highest BCUT2D eigenvalue weighted by atomic mass is 16.4. The van der Waals surface area contributed by atoms with Crippen molar-refractivity contribution in [3.8, 4) is 0 Å². The number of carboxylic acid groups (broad SMARTS) is 1. The smallest absolute Gasteiger partial charge is 0.323 e. The number of rotatable bonds is 5. The third-order valence-corrected chi connectivity index (χ3v) is 2.35. The van der Waals surface area contributed by atoms with Crippen molar-refractivity contribution in [2.75, 3.05) is 6.54 Å². The van der Waals surface area contributed by atoms with Crippen molar-refractivity contribution in [2.24, 2.45) is 0 Å². The molecule has 0 spiro atoms. The molecule has 1 rings (SSSR count). The summed E-state index contributed by atoms with van der Waals surface area (Å²) in [5.41, 5.74) is 0. The Morgan fingerprint density at radius 2 is 1.83 bits per heavy atom. The van der Waals surface area contributed by atoms with Crippen LogP contribution in [0.4, 0.5) is 0 Å². The van der Waals surface area contributed by atoms with Gasteiger partial charge in [-0.05, 0) is 26.0 Å². The molecule has 1 aromatic heterocycles. The minimum atomic E-state index is -1.10. The van der Waals surface area contributed by atoms with Crippen LogP contribution >= 0.6 is 0 Å². The number of hydrogen-bond donors (Lipinski definition) is 1. The lowest BCUT2D eigenvalue weighted by atomic mass is 10.2. The predicted molar refractivity (Wildman–Crippen MR) is 62.5 cm³/mol. The van der Waals surface area contributed by atoms with E-state index in [1.807, 2.05) is 0 Å². The van der Waals surface area contributed by atoms with Gasteiger partial charge in [0.1, 0.15) is 6.54 Å². The summed E-state index contributed by atoms with van der Waals surface area (Å²) in [5.74, 6) is -1.88. The molecule has 0 fully saturated rings. The summed E-state index contributed by atoms with van der Waals surface area (Å²) in [5, 5.41) is 8.74. The Labute approximate surface area is 104 Å². The van der Waals surface area contributed by atoms with E-state index in [4.69, 9.17) is 9.52 Å². The molecule has 1 aromatic rings. The van der Waals surface area contributed by atoms with Crippen LogP contribution in [0, 0.1) is 0 Å². The van der Waals surface area contributed by atoms with Gasteiger partial charge in [-0.15, -0.1) is 0 Å². The summed E-state index contributed by atoms with van der Waals surface area (Å²) in [4.78, 5) is 34.9. The third-order valence-electron chi connectivity index (χ3n) is 2.35. The van der Waals surface area contributed by atoms with Crippen LogP contribution in [0.25, 0.3) is 0 Å². The Morgan fingerprint density at radius 1 is 1.28 bits per heavy atom. The molecule has 0 saturated carbocycles. The zero-order chi connectivity index (χ0) is 13.9. The van der Waals surface area contributed by atoms with Crippen molar-refractivity contribution in [3.05, 3.63) is 23.7 Å². The van der Waals surface area contributed by atoms with Crippen LogP contribution in [0.15, 0.2) is 16.5 Å². The number of furan rings is 1. The first kappa shape index (κ1) is 14.0. The van der Waals surface area contributed by atoms with E-state index in [0.717, 1.165) is 4.90 Å². The molecule has 1 heterocycles. The number of carbonyl (C=O) groups is 3. The molecule has 0 unspecified atom stereocenters. The van der Waals surface area contributed by atoms with Gasteiger partial charge < -0.3 is 14.4 Å². The number of Topliss-reactive ketones (excluding diaryl/α,β-unsaturated/α-hetero) is 1. The standard InChI is InChI=1S/C12H15NO5/c1-7(2)13(6-11(15)16)12(17)10-5-4-9(18-10)8(3)14/h4-5,7H,6H2,1-3H3,(H,15,16). The van der Waals surface area contributed by atoms with Gasteiger partial charge in [-0.1, -0.05) is 0 Å². The molecule has 1 N–H and O–H groups in total. The van der Waals surface area contributed by atoms with Gasteiger partial charge in [0.15, 0.2) is 17.3 Å². The molecule has 0 atom stereocenters. The fraction of sp³-hybridized carbons (Fsp3) is 0.417. The molecule has 0 aliphatic carbocycles. The highest BCUT2D eigenvalue weighted by Gasteiger charge is 2.24. The number of carbonyl (C=O) groups excluding carboxylic acids is 2. The molecular weight excluding hydrogens is 238 g/mol. The number of nitrogens with zero attached hydrogens (tertiary/aromatic N) is 1. The van der Waals surface area contributed by atoms with Crippen molar-refractivity contribution in [1.82, 2.24) is 4.90 Å². The summed E-state index contributed by atoms with van der Waals surface area (Å²) in [6, 6.07) is 2.49. The first-order valence-electron chi connectivity index (χ1n) is 5.46. The van der Waals surface area contributed by atoms with Gasteiger partial charge in [-0.3, -0.25) is 14.4 Å². The van der Waals surface area contributed by atoms with E-state index in [1.54, 1.807) is 13.8 Å². The lowest BCUT2D eigenvalue weighted by Gasteiger charge is -2.23. The van der Waals surface area contributed by atoms with E-state index in [0.29, 0.717) is 0 Å². The summed E-state index contributed by atoms with van der Waals surface area (Å²) in [6.07, 6.45) is 0. The number of hydrogen-bond acceptors (Lipinski definition) is 4. The van der Waals surface area contributed by atoms with E-state index >= 15 is 0 Å². The monoisotopic (exact) mass is 253 g/mol. The van der Waals surface area contributed by atoms with Crippen LogP contribution < -0.4 is 0 Å². The van der Waals surface area contributed by atoms with Crippen LogP contribution in [0.2, 0.25) is 0 Å². The second-order valence-corrected chi connectivity index (χ2v) is 4.14. The minimum absolute atomic E-state index is 0.0323. The molecule has 18 heavy (non-hydrogen) atoms. The summed E-state index contributed by atoms with van der Waals surface area (Å²) >= 11 is 0. The van der Waals surface area contributed by atoms with Crippen molar-refractivity contribution >= 4 is 17.7 Å². The quantitative estimate of drug-likeness (QED) is 0.802. The number of aliphatic carboxylic acids is 1. The van der Waals surface area contributed by atoms with Gasteiger partial charge in [-0.2, -0.15) is 0 Å². The van der Waals surface area contributed by atoms with Crippen molar-refractivity contribution < 1.29 is 23.9 Å². The molecule has 0 aliphatic rings.